The highest BCUT2D eigenvalue weighted by Gasteiger charge is 2.33. The van der Waals surface area contributed by atoms with E-state index in [1.807, 2.05) is 0 Å². The molecule has 0 fully saturated rings. The van der Waals surface area contributed by atoms with Gasteiger partial charge in [0.1, 0.15) is 11.9 Å². The Labute approximate surface area is 178 Å². The minimum absolute atomic E-state index is 0.158. The minimum Gasteiger partial charge on any atom is -0.341 e. The molecule has 0 aliphatic rings. The molecule has 1 amide bonds. The Hall–Kier alpha value is -4.02. The van der Waals surface area contributed by atoms with Gasteiger partial charge in [0.05, 0.1) is 5.69 Å². The fourth-order valence-corrected chi connectivity index (χ4v) is 2.85. The van der Waals surface area contributed by atoms with Crippen LogP contribution in [0.5, 0.6) is 0 Å². The highest BCUT2D eigenvalue weighted by atomic mass is 19.4. The van der Waals surface area contributed by atoms with Gasteiger partial charge < -0.3 is 9.84 Å². The Morgan fingerprint density at radius 3 is 2.38 bits per heavy atom. The molecule has 7 nitrogen and oxygen atoms in total. The third-order valence-corrected chi connectivity index (χ3v) is 4.54. The first-order valence-corrected chi connectivity index (χ1v) is 9.34. The van der Waals surface area contributed by atoms with Crippen molar-refractivity contribution < 1.29 is 26.9 Å². The number of benzene rings is 2. The maximum atomic E-state index is 13.0. The third-order valence-electron chi connectivity index (χ3n) is 4.54. The van der Waals surface area contributed by atoms with E-state index in [9.17, 15) is 22.4 Å². The summed E-state index contributed by atoms with van der Waals surface area (Å²) in [7, 11) is 0. The maximum absolute atomic E-state index is 13.0. The van der Waals surface area contributed by atoms with E-state index in [0.717, 1.165) is 10.7 Å². The van der Waals surface area contributed by atoms with E-state index < -0.39 is 29.6 Å². The molecular weight excluding hydrogens is 430 g/mol. The summed E-state index contributed by atoms with van der Waals surface area (Å²) >= 11 is 0. The van der Waals surface area contributed by atoms with E-state index in [2.05, 4.69) is 20.6 Å². The molecule has 2 aromatic carbocycles. The second-order valence-corrected chi connectivity index (χ2v) is 6.85. The molecule has 1 atom stereocenters. The highest BCUT2D eigenvalue weighted by Crippen LogP contribution is 2.28. The summed E-state index contributed by atoms with van der Waals surface area (Å²) in [6.07, 6.45) is -3.35. The SMILES string of the molecule is CC(NC(=O)c1ccc(-n2ccc(C(F)(F)F)n2)cc1)c1nc(-c2ccc(F)cc2)no1. The van der Waals surface area contributed by atoms with Crippen molar-refractivity contribution in [1.82, 2.24) is 25.2 Å². The van der Waals surface area contributed by atoms with E-state index >= 15 is 0 Å². The first-order chi connectivity index (χ1) is 15.2. The number of alkyl halides is 3. The van der Waals surface area contributed by atoms with E-state index in [0.29, 0.717) is 11.3 Å². The fraction of sp³-hybridized carbons (Fsp3) is 0.143. The Morgan fingerprint density at radius 1 is 1.06 bits per heavy atom. The standard InChI is InChI=1S/C21H15F4N5O2/c1-12(20-27-18(29-32-20)13-2-6-15(22)7-3-13)26-19(31)14-4-8-16(9-5-14)30-11-10-17(28-30)21(23,24)25/h2-12H,1H3,(H,26,31). The van der Waals surface area contributed by atoms with Crippen molar-refractivity contribution in [1.29, 1.82) is 0 Å². The molecule has 0 aliphatic carbocycles. The van der Waals surface area contributed by atoms with Crippen LogP contribution in [0.4, 0.5) is 17.6 Å². The Balaban J connectivity index is 1.42. The Bertz CT molecular complexity index is 1230. The van der Waals surface area contributed by atoms with Gasteiger partial charge in [-0.1, -0.05) is 5.16 Å². The van der Waals surface area contributed by atoms with Crippen LogP contribution in [0.15, 0.2) is 65.3 Å². The summed E-state index contributed by atoms with van der Waals surface area (Å²) in [5, 5.41) is 10.0. The number of halogens is 4. The Kier molecular flexibility index (Phi) is 5.47. The van der Waals surface area contributed by atoms with Crippen molar-refractivity contribution in [2.75, 3.05) is 0 Å². The zero-order valence-corrected chi connectivity index (χ0v) is 16.5. The molecule has 0 saturated heterocycles. The molecule has 164 valence electrons. The quantitative estimate of drug-likeness (QED) is 0.455. The molecule has 0 saturated carbocycles. The van der Waals surface area contributed by atoms with Crippen molar-refractivity contribution in [3.05, 3.63) is 83.8 Å². The molecule has 4 rings (SSSR count). The largest absolute Gasteiger partial charge is 0.435 e. The van der Waals surface area contributed by atoms with E-state index in [1.54, 1.807) is 6.92 Å². The molecule has 0 bridgehead atoms. The van der Waals surface area contributed by atoms with Crippen LogP contribution >= 0.6 is 0 Å². The van der Waals surface area contributed by atoms with Crippen LogP contribution in [0.1, 0.15) is 34.9 Å². The normalized spacial score (nSPS) is 12.5. The number of aromatic nitrogens is 4. The van der Waals surface area contributed by atoms with E-state index in [1.165, 1.54) is 54.7 Å². The average Bonchev–Trinajstić information content (AvgIpc) is 3.44. The molecule has 11 heteroatoms. The first-order valence-electron chi connectivity index (χ1n) is 9.34. The molecule has 32 heavy (non-hydrogen) atoms. The summed E-state index contributed by atoms with van der Waals surface area (Å²) < 4.78 is 57.4. The highest BCUT2D eigenvalue weighted by molar-refractivity contribution is 5.94. The summed E-state index contributed by atoms with van der Waals surface area (Å²) in [5.41, 5.74) is 0.198. The van der Waals surface area contributed by atoms with Crippen molar-refractivity contribution in [3.63, 3.8) is 0 Å². The van der Waals surface area contributed by atoms with Gasteiger partial charge >= 0.3 is 6.18 Å². The zero-order chi connectivity index (χ0) is 22.9. The molecule has 1 N–H and O–H groups in total. The topological polar surface area (TPSA) is 85.8 Å². The summed E-state index contributed by atoms with van der Waals surface area (Å²) in [5.74, 6) is -0.423. The molecule has 2 heterocycles. The van der Waals surface area contributed by atoms with Crippen LogP contribution in [0.2, 0.25) is 0 Å². The third kappa shape index (κ3) is 4.51. The van der Waals surface area contributed by atoms with Gasteiger partial charge in [-0.25, -0.2) is 9.07 Å². The Morgan fingerprint density at radius 2 is 1.75 bits per heavy atom. The lowest BCUT2D eigenvalue weighted by Crippen LogP contribution is -2.26. The van der Waals surface area contributed by atoms with Crippen LogP contribution < -0.4 is 5.32 Å². The number of hydrogen-bond donors (Lipinski definition) is 1. The smallest absolute Gasteiger partial charge is 0.341 e. The van der Waals surface area contributed by atoms with Gasteiger partial charge in [-0.05, 0) is 61.5 Å². The lowest BCUT2D eigenvalue weighted by Gasteiger charge is -2.10. The number of hydrogen-bond acceptors (Lipinski definition) is 5. The zero-order valence-electron chi connectivity index (χ0n) is 16.5. The number of rotatable bonds is 5. The fourth-order valence-electron chi connectivity index (χ4n) is 2.85. The van der Waals surface area contributed by atoms with Gasteiger partial charge in [0.2, 0.25) is 11.7 Å². The number of nitrogens with zero attached hydrogens (tertiary/aromatic N) is 4. The minimum atomic E-state index is -4.54. The monoisotopic (exact) mass is 445 g/mol. The van der Waals surface area contributed by atoms with Gasteiger partial charge in [-0.2, -0.15) is 23.3 Å². The summed E-state index contributed by atoms with van der Waals surface area (Å²) in [6, 6.07) is 11.7. The van der Waals surface area contributed by atoms with E-state index in [4.69, 9.17) is 4.52 Å². The van der Waals surface area contributed by atoms with Gasteiger partial charge in [0.25, 0.3) is 5.91 Å². The molecule has 2 aromatic heterocycles. The van der Waals surface area contributed by atoms with Gasteiger partial charge in [-0.15, -0.1) is 0 Å². The predicted molar refractivity (Wildman–Crippen MR) is 104 cm³/mol. The number of nitrogens with one attached hydrogen (secondary N) is 1. The summed E-state index contributed by atoms with van der Waals surface area (Å²) in [6.45, 7) is 1.65. The van der Waals surface area contributed by atoms with Crippen LogP contribution in [0.3, 0.4) is 0 Å². The van der Waals surface area contributed by atoms with Crippen molar-refractivity contribution in [2.24, 2.45) is 0 Å². The molecule has 0 spiro atoms. The summed E-state index contributed by atoms with van der Waals surface area (Å²) in [4.78, 5) is 16.7. The maximum Gasteiger partial charge on any atom is 0.435 e. The van der Waals surface area contributed by atoms with Crippen LogP contribution in [0, 0.1) is 5.82 Å². The van der Waals surface area contributed by atoms with Crippen molar-refractivity contribution in [3.8, 4) is 17.1 Å². The second-order valence-electron chi connectivity index (χ2n) is 6.85. The van der Waals surface area contributed by atoms with Gasteiger partial charge in [0.15, 0.2) is 5.69 Å². The molecular formula is C21H15F4N5O2. The lowest BCUT2D eigenvalue weighted by molar-refractivity contribution is -0.141. The van der Waals surface area contributed by atoms with Crippen molar-refractivity contribution >= 4 is 5.91 Å². The average molecular weight is 445 g/mol. The first kappa shape index (κ1) is 21.2. The van der Waals surface area contributed by atoms with Crippen LogP contribution in [-0.2, 0) is 6.18 Å². The van der Waals surface area contributed by atoms with E-state index in [-0.39, 0.29) is 17.3 Å². The molecule has 0 aliphatic heterocycles. The molecule has 4 aromatic rings. The lowest BCUT2D eigenvalue weighted by atomic mass is 10.2. The molecule has 1 unspecified atom stereocenters. The van der Waals surface area contributed by atoms with Crippen LogP contribution in [-0.4, -0.2) is 25.8 Å². The predicted octanol–water partition coefficient (Wildman–Crippen LogP) is 4.57. The number of carbonyl (C=O) groups excluding carboxylic acids is 1. The number of carbonyl (C=O) groups is 1. The molecule has 0 radical (unpaired) electrons. The van der Waals surface area contributed by atoms with Gasteiger partial charge in [-0.3, -0.25) is 4.79 Å². The van der Waals surface area contributed by atoms with Crippen LogP contribution in [0.25, 0.3) is 17.1 Å². The van der Waals surface area contributed by atoms with Gasteiger partial charge in [0, 0.05) is 17.3 Å². The number of amides is 1. The second kappa shape index (κ2) is 8.25. The van der Waals surface area contributed by atoms with Crippen molar-refractivity contribution in [2.45, 2.75) is 19.1 Å².